The minimum atomic E-state index is -0.250. The molecule has 0 unspecified atom stereocenters. The van der Waals surface area contributed by atoms with Crippen LogP contribution in [0.25, 0.3) is 11.2 Å². The maximum atomic E-state index is 12.7. The van der Waals surface area contributed by atoms with Crippen LogP contribution in [0.1, 0.15) is 37.1 Å². The molecule has 0 atom stereocenters. The fraction of sp³-hybridized carbons (Fsp3) is 0.435. The van der Waals surface area contributed by atoms with Gasteiger partial charge in [0.1, 0.15) is 12.2 Å². The quantitative estimate of drug-likeness (QED) is 0.607. The van der Waals surface area contributed by atoms with Gasteiger partial charge in [-0.2, -0.15) is 0 Å². The highest BCUT2D eigenvalue weighted by atomic mass is 16.3. The highest BCUT2D eigenvalue weighted by Gasteiger charge is 2.28. The number of aromatic nitrogens is 4. The lowest BCUT2D eigenvalue weighted by molar-refractivity contribution is -0.123. The van der Waals surface area contributed by atoms with Gasteiger partial charge in [-0.15, -0.1) is 0 Å². The minimum Gasteiger partial charge on any atom is -0.483 e. The molecule has 5 rings (SSSR count). The smallest absolute Gasteiger partial charge is 0.290 e. The molecule has 2 N–H and O–H groups in total. The van der Waals surface area contributed by atoms with E-state index >= 15 is 0 Å². The van der Waals surface area contributed by atoms with E-state index in [1.807, 2.05) is 31.2 Å². The molecule has 2 aromatic heterocycles. The normalized spacial score (nSPS) is 16.1. The van der Waals surface area contributed by atoms with E-state index in [1.165, 1.54) is 12.8 Å². The second-order valence-electron chi connectivity index (χ2n) is 8.23. The van der Waals surface area contributed by atoms with Gasteiger partial charge in [0.2, 0.25) is 5.91 Å². The fourth-order valence-electron chi connectivity index (χ4n) is 4.50. The molecule has 32 heavy (non-hydrogen) atoms. The molecule has 0 spiro atoms. The molecule has 1 amide bonds. The van der Waals surface area contributed by atoms with E-state index in [9.17, 15) is 4.79 Å². The molecular formula is C23H28N6O3. The average molecular weight is 437 g/mol. The average Bonchev–Trinajstić information content (AvgIpc) is 3.19. The van der Waals surface area contributed by atoms with Gasteiger partial charge in [-0.3, -0.25) is 9.59 Å². The molecule has 0 saturated carbocycles. The van der Waals surface area contributed by atoms with Crippen LogP contribution in [0, 0.1) is 12.8 Å². The molecular weight excluding hydrogens is 408 g/mol. The maximum Gasteiger partial charge on any atom is 0.290 e. The number of carbonyl (C=O) groups excluding carboxylic acids is 1. The summed E-state index contributed by atoms with van der Waals surface area (Å²) in [4.78, 5) is 37.2. The monoisotopic (exact) mass is 436 g/mol. The SMILES string of the molecule is Cc1cccc(NC(=O)C2CCN(c3ncnc4c3nc3n4CCCC3)CC2)c1.O=CO. The van der Waals surface area contributed by atoms with Gasteiger partial charge in [-0.25, -0.2) is 15.0 Å². The van der Waals surface area contributed by atoms with Gasteiger partial charge in [-0.1, -0.05) is 12.1 Å². The summed E-state index contributed by atoms with van der Waals surface area (Å²) in [5.74, 6) is 2.18. The van der Waals surface area contributed by atoms with Crippen molar-refractivity contribution in [3.63, 3.8) is 0 Å². The second-order valence-corrected chi connectivity index (χ2v) is 8.23. The maximum absolute atomic E-state index is 12.7. The van der Waals surface area contributed by atoms with Crippen molar-refractivity contribution in [2.45, 2.75) is 45.6 Å². The van der Waals surface area contributed by atoms with E-state index in [4.69, 9.17) is 14.9 Å². The number of carbonyl (C=O) groups is 2. The van der Waals surface area contributed by atoms with Gasteiger partial charge in [0.15, 0.2) is 17.0 Å². The number of nitrogens with zero attached hydrogens (tertiary/aromatic N) is 5. The van der Waals surface area contributed by atoms with E-state index in [1.54, 1.807) is 6.33 Å². The van der Waals surface area contributed by atoms with E-state index in [0.29, 0.717) is 0 Å². The molecule has 0 bridgehead atoms. The molecule has 168 valence electrons. The molecule has 9 heteroatoms. The van der Waals surface area contributed by atoms with Crippen LogP contribution in [0.4, 0.5) is 11.5 Å². The fourth-order valence-corrected chi connectivity index (χ4v) is 4.50. The third-order valence-electron chi connectivity index (χ3n) is 6.07. The Balaban J connectivity index is 0.000000775. The van der Waals surface area contributed by atoms with Crippen LogP contribution in [-0.4, -0.2) is 50.1 Å². The predicted octanol–water partition coefficient (Wildman–Crippen LogP) is 3.03. The van der Waals surface area contributed by atoms with Gasteiger partial charge >= 0.3 is 0 Å². The largest absolute Gasteiger partial charge is 0.483 e. The van der Waals surface area contributed by atoms with Gasteiger partial charge < -0.3 is 19.9 Å². The lowest BCUT2D eigenvalue weighted by Gasteiger charge is -2.32. The number of hydrogen-bond donors (Lipinski definition) is 2. The summed E-state index contributed by atoms with van der Waals surface area (Å²) in [5, 5.41) is 9.96. The number of hydrogen-bond acceptors (Lipinski definition) is 6. The van der Waals surface area contributed by atoms with Gasteiger partial charge in [0.25, 0.3) is 6.47 Å². The van der Waals surface area contributed by atoms with Crippen molar-refractivity contribution in [2.75, 3.05) is 23.3 Å². The van der Waals surface area contributed by atoms with E-state index < -0.39 is 0 Å². The van der Waals surface area contributed by atoms with Gasteiger partial charge in [-0.05, 0) is 50.3 Å². The molecule has 1 saturated heterocycles. The predicted molar refractivity (Wildman–Crippen MR) is 122 cm³/mol. The first kappa shape index (κ1) is 21.7. The van der Waals surface area contributed by atoms with Crippen LogP contribution >= 0.6 is 0 Å². The zero-order valence-corrected chi connectivity index (χ0v) is 18.2. The Kier molecular flexibility index (Phi) is 6.63. The van der Waals surface area contributed by atoms with Crippen molar-refractivity contribution in [3.8, 4) is 0 Å². The summed E-state index contributed by atoms with van der Waals surface area (Å²) >= 11 is 0. The van der Waals surface area contributed by atoms with Crippen molar-refractivity contribution in [2.24, 2.45) is 5.92 Å². The number of nitrogens with one attached hydrogen (secondary N) is 1. The molecule has 2 aliphatic heterocycles. The topological polar surface area (TPSA) is 113 Å². The molecule has 1 fully saturated rings. The van der Waals surface area contributed by atoms with Crippen LogP contribution in [0.2, 0.25) is 0 Å². The Bertz CT molecular complexity index is 1100. The lowest BCUT2D eigenvalue weighted by Crippen LogP contribution is -2.38. The Hall–Kier alpha value is -3.49. The van der Waals surface area contributed by atoms with Gasteiger partial charge in [0, 0.05) is 37.7 Å². The van der Waals surface area contributed by atoms with E-state index in [2.05, 4.69) is 24.8 Å². The highest BCUT2D eigenvalue weighted by Crippen LogP contribution is 2.29. The Labute approximate surface area is 186 Å². The third-order valence-corrected chi connectivity index (χ3v) is 6.07. The van der Waals surface area contributed by atoms with Crippen LogP contribution in [0.15, 0.2) is 30.6 Å². The molecule has 4 heterocycles. The third kappa shape index (κ3) is 4.56. The zero-order valence-electron chi connectivity index (χ0n) is 18.2. The molecule has 1 aromatic carbocycles. The van der Waals surface area contributed by atoms with Crippen LogP contribution in [-0.2, 0) is 22.6 Å². The number of rotatable bonds is 3. The Morgan fingerprint density at radius 1 is 1.19 bits per heavy atom. The van der Waals surface area contributed by atoms with Crippen molar-refractivity contribution < 1.29 is 14.7 Å². The van der Waals surface area contributed by atoms with Crippen LogP contribution < -0.4 is 10.2 Å². The number of carboxylic acid groups (broad SMARTS) is 1. The Morgan fingerprint density at radius 2 is 1.97 bits per heavy atom. The standard InChI is InChI=1S/C22H26N6O.CH2O2/c1-15-5-4-6-17(13-15)25-22(29)16-8-11-27(12-9-16)20-19-21(24-14-23-20)28-10-3-2-7-18(28)26-19;2-1-3/h4-6,13-14,16H,2-3,7-12H2,1H3,(H,25,29);1H,(H,2,3). The number of fused-ring (bicyclic) bond motifs is 3. The number of aryl methyl sites for hydroxylation is 3. The first-order chi connectivity index (χ1) is 15.6. The summed E-state index contributed by atoms with van der Waals surface area (Å²) in [6.07, 6.45) is 6.66. The number of anilines is 2. The number of amides is 1. The summed E-state index contributed by atoms with van der Waals surface area (Å²) in [6, 6.07) is 7.95. The summed E-state index contributed by atoms with van der Waals surface area (Å²) in [7, 11) is 0. The number of imidazole rings is 1. The number of piperidine rings is 1. The summed E-state index contributed by atoms with van der Waals surface area (Å²) < 4.78 is 2.24. The number of benzene rings is 1. The summed E-state index contributed by atoms with van der Waals surface area (Å²) in [5.41, 5.74) is 3.88. The van der Waals surface area contributed by atoms with E-state index in [0.717, 1.165) is 73.0 Å². The minimum absolute atomic E-state index is 0.0271. The molecule has 9 nitrogen and oxygen atoms in total. The summed E-state index contributed by atoms with van der Waals surface area (Å²) in [6.45, 7) is 4.38. The highest BCUT2D eigenvalue weighted by molar-refractivity contribution is 5.93. The first-order valence-electron chi connectivity index (χ1n) is 11.0. The second kappa shape index (κ2) is 9.76. The van der Waals surface area contributed by atoms with Crippen LogP contribution in [0.5, 0.6) is 0 Å². The van der Waals surface area contributed by atoms with Crippen molar-refractivity contribution >= 4 is 35.0 Å². The molecule has 0 aliphatic carbocycles. The zero-order chi connectivity index (χ0) is 22.5. The Morgan fingerprint density at radius 3 is 2.72 bits per heavy atom. The van der Waals surface area contributed by atoms with Crippen molar-refractivity contribution in [3.05, 3.63) is 42.0 Å². The van der Waals surface area contributed by atoms with Gasteiger partial charge in [0.05, 0.1) is 0 Å². The lowest BCUT2D eigenvalue weighted by atomic mass is 9.95. The van der Waals surface area contributed by atoms with Crippen LogP contribution in [0.3, 0.4) is 0 Å². The molecule has 3 aromatic rings. The van der Waals surface area contributed by atoms with Crippen molar-refractivity contribution in [1.29, 1.82) is 0 Å². The van der Waals surface area contributed by atoms with E-state index in [-0.39, 0.29) is 18.3 Å². The molecule has 0 radical (unpaired) electrons. The van der Waals surface area contributed by atoms with Crippen molar-refractivity contribution in [1.82, 2.24) is 19.5 Å². The molecule has 2 aliphatic rings. The first-order valence-corrected chi connectivity index (χ1v) is 11.0.